The van der Waals surface area contributed by atoms with Crippen LogP contribution in [0.2, 0.25) is 0 Å². The van der Waals surface area contributed by atoms with Crippen molar-refractivity contribution < 1.29 is 28.5 Å². The lowest BCUT2D eigenvalue weighted by molar-refractivity contribution is 0.0600. The van der Waals surface area contributed by atoms with Gasteiger partial charge >= 0.3 is 5.97 Å². The first-order valence-electron chi connectivity index (χ1n) is 13.9. The highest BCUT2D eigenvalue weighted by molar-refractivity contribution is 7.16. The lowest BCUT2D eigenvalue weighted by Crippen LogP contribution is -2.45. The zero-order valence-corrected chi connectivity index (χ0v) is 25.8. The molecule has 11 heteroatoms. The molecule has 0 N–H and O–H groups in total. The van der Waals surface area contributed by atoms with Crippen molar-refractivity contribution in [1.29, 1.82) is 0 Å². The Morgan fingerprint density at radius 3 is 2.45 bits per heavy atom. The van der Waals surface area contributed by atoms with Gasteiger partial charge in [0.25, 0.3) is 0 Å². The summed E-state index contributed by atoms with van der Waals surface area (Å²) in [5, 5.41) is 0.755. The van der Waals surface area contributed by atoms with Crippen molar-refractivity contribution in [1.82, 2.24) is 19.4 Å². The minimum absolute atomic E-state index is 0.346. The molecule has 0 saturated carbocycles. The summed E-state index contributed by atoms with van der Waals surface area (Å²) in [6.07, 6.45) is 1.36. The van der Waals surface area contributed by atoms with Gasteiger partial charge in [-0.2, -0.15) is 0 Å². The highest BCUT2D eigenvalue weighted by Crippen LogP contribution is 2.39. The van der Waals surface area contributed by atoms with Gasteiger partial charge in [-0.15, -0.1) is 11.3 Å². The molecular formula is C31H38N4O6S. The molecule has 1 aliphatic heterocycles. The molecule has 0 radical (unpaired) electrons. The highest BCUT2D eigenvalue weighted by Gasteiger charge is 2.24. The molecule has 5 rings (SSSR count). The molecule has 2 aromatic carbocycles. The number of hydrogen-bond donors (Lipinski definition) is 0. The number of imidazole rings is 1. The molecular weight excluding hydrogens is 556 g/mol. The predicted octanol–water partition coefficient (Wildman–Crippen LogP) is 4.97. The van der Waals surface area contributed by atoms with E-state index in [0.29, 0.717) is 28.7 Å². The van der Waals surface area contributed by atoms with Crippen molar-refractivity contribution in [3.8, 4) is 28.0 Å². The Kier molecular flexibility index (Phi) is 9.20. The number of likely N-dealkylation sites (N-methyl/N-ethyl adjacent to an activating group) is 1. The van der Waals surface area contributed by atoms with Crippen LogP contribution in [0.3, 0.4) is 0 Å². The van der Waals surface area contributed by atoms with Crippen LogP contribution in [0.5, 0.6) is 23.0 Å². The summed E-state index contributed by atoms with van der Waals surface area (Å²) >= 11 is 1.28. The summed E-state index contributed by atoms with van der Waals surface area (Å²) in [6, 6.07) is 11.5. The smallest absolute Gasteiger partial charge is 0.351 e. The number of methoxy groups -OCH3 is 3. The fraction of sp³-hybridized carbons (Fsp3) is 0.419. The van der Waals surface area contributed by atoms with Crippen molar-refractivity contribution >= 4 is 28.3 Å². The van der Waals surface area contributed by atoms with Crippen molar-refractivity contribution in [2.24, 2.45) is 0 Å². The minimum atomic E-state index is -0.463. The van der Waals surface area contributed by atoms with E-state index in [2.05, 4.69) is 21.8 Å². The average Bonchev–Trinajstić information content (AvgIpc) is 3.61. The van der Waals surface area contributed by atoms with Crippen molar-refractivity contribution in [2.45, 2.75) is 20.0 Å². The zero-order valence-electron chi connectivity index (χ0n) is 25.0. The SMILES string of the molecule is COC(=O)c1sc(-n2cnc3cc(OC)c(OC)cc32)cc1O[C@H](C)c1cccc(OCCN2CCN(C)CC2)c1C. The van der Waals surface area contributed by atoms with Gasteiger partial charge in [0.2, 0.25) is 0 Å². The van der Waals surface area contributed by atoms with Gasteiger partial charge in [-0.3, -0.25) is 9.47 Å². The van der Waals surface area contributed by atoms with Gasteiger partial charge in [0, 0.05) is 50.9 Å². The first-order valence-corrected chi connectivity index (χ1v) is 14.8. The van der Waals surface area contributed by atoms with Gasteiger partial charge < -0.3 is 28.6 Å². The van der Waals surface area contributed by atoms with E-state index in [1.54, 1.807) is 20.5 Å². The van der Waals surface area contributed by atoms with E-state index in [4.69, 9.17) is 23.7 Å². The molecule has 4 aromatic rings. The van der Waals surface area contributed by atoms with Gasteiger partial charge in [0.15, 0.2) is 16.4 Å². The van der Waals surface area contributed by atoms with Crippen LogP contribution in [0.25, 0.3) is 16.0 Å². The number of benzene rings is 2. The fourth-order valence-corrected chi connectivity index (χ4v) is 6.15. The Morgan fingerprint density at radius 2 is 1.74 bits per heavy atom. The Labute approximate surface area is 250 Å². The van der Waals surface area contributed by atoms with Crippen LogP contribution in [0, 0.1) is 6.92 Å². The quantitative estimate of drug-likeness (QED) is 0.224. The number of hydrogen-bond acceptors (Lipinski definition) is 10. The molecule has 0 spiro atoms. The van der Waals surface area contributed by atoms with Crippen LogP contribution in [-0.4, -0.2) is 93.0 Å². The Balaban J connectivity index is 1.36. The van der Waals surface area contributed by atoms with Crippen LogP contribution in [0.1, 0.15) is 33.8 Å². The largest absolute Gasteiger partial charge is 0.493 e. The van der Waals surface area contributed by atoms with Crippen LogP contribution >= 0.6 is 11.3 Å². The molecule has 42 heavy (non-hydrogen) atoms. The van der Waals surface area contributed by atoms with Gasteiger partial charge in [-0.25, -0.2) is 9.78 Å². The molecule has 0 amide bonds. The maximum Gasteiger partial charge on any atom is 0.351 e. The number of piperazine rings is 1. The van der Waals surface area contributed by atoms with E-state index >= 15 is 0 Å². The minimum Gasteiger partial charge on any atom is -0.493 e. The fourth-order valence-electron chi connectivity index (χ4n) is 5.15. The maximum atomic E-state index is 12.8. The molecule has 10 nitrogen and oxygen atoms in total. The molecule has 3 heterocycles. The second kappa shape index (κ2) is 13.0. The van der Waals surface area contributed by atoms with E-state index in [1.165, 1.54) is 18.4 Å². The molecule has 224 valence electrons. The van der Waals surface area contributed by atoms with Crippen LogP contribution in [-0.2, 0) is 4.74 Å². The molecule has 1 fully saturated rings. The number of carbonyl (C=O) groups is 1. The number of esters is 1. The summed E-state index contributed by atoms with van der Waals surface area (Å²) in [5.74, 6) is 2.00. The molecule has 0 aliphatic carbocycles. The second-order valence-corrected chi connectivity index (χ2v) is 11.3. The number of aromatic nitrogens is 2. The Bertz CT molecular complexity index is 1540. The first-order chi connectivity index (χ1) is 20.3. The molecule has 1 aliphatic rings. The predicted molar refractivity (Wildman–Crippen MR) is 163 cm³/mol. The van der Waals surface area contributed by atoms with Crippen LogP contribution in [0.15, 0.2) is 42.7 Å². The number of rotatable bonds is 11. The maximum absolute atomic E-state index is 12.8. The summed E-state index contributed by atoms with van der Waals surface area (Å²) in [6.45, 7) is 9.82. The summed E-state index contributed by atoms with van der Waals surface area (Å²) < 4.78 is 30.5. The van der Waals surface area contributed by atoms with E-state index in [-0.39, 0.29) is 6.10 Å². The van der Waals surface area contributed by atoms with Gasteiger partial charge in [-0.1, -0.05) is 12.1 Å². The van der Waals surface area contributed by atoms with E-state index in [1.807, 2.05) is 54.8 Å². The van der Waals surface area contributed by atoms with Crippen molar-refractivity contribution in [3.05, 3.63) is 58.7 Å². The number of thiophene rings is 1. The lowest BCUT2D eigenvalue weighted by Gasteiger charge is -2.32. The Morgan fingerprint density at radius 1 is 1.00 bits per heavy atom. The molecule has 0 unspecified atom stereocenters. The third kappa shape index (κ3) is 6.18. The number of ether oxygens (including phenoxy) is 5. The normalized spacial score (nSPS) is 15.0. The third-order valence-electron chi connectivity index (χ3n) is 7.67. The van der Waals surface area contributed by atoms with Crippen LogP contribution < -0.4 is 18.9 Å². The van der Waals surface area contributed by atoms with Gasteiger partial charge in [0.1, 0.15) is 35.5 Å². The molecule has 2 aromatic heterocycles. The second-order valence-electron chi connectivity index (χ2n) is 10.3. The van der Waals surface area contributed by atoms with E-state index < -0.39 is 5.97 Å². The number of nitrogens with zero attached hydrogens (tertiary/aromatic N) is 4. The van der Waals surface area contributed by atoms with Gasteiger partial charge in [-0.05, 0) is 38.1 Å². The Hall–Kier alpha value is -3.80. The number of carbonyl (C=O) groups excluding carboxylic acids is 1. The summed E-state index contributed by atoms with van der Waals surface area (Å²) in [5.41, 5.74) is 3.54. The van der Waals surface area contributed by atoms with Crippen molar-refractivity contribution in [2.75, 3.05) is 67.7 Å². The molecule has 1 saturated heterocycles. The summed E-state index contributed by atoms with van der Waals surface area (Å²) in [4.78, 5) is 22.5. The van der Waals surface area contributed by atoms with E-state index in [9.17, 15) is 4.79 Å². The zero-order chi connectivity index (χ0) is 29.8. The average molecular weight is 595 g/mol. The standard InChI is InChI=1S/C31H38N4O6S/c1-20-22(8-7-9-25(20)40-15-14-34-12-10-33(3)11-13-34)21(2)41-28-18-29(42-30(28)31(36)39-6)35-19-32-23-16-26(37-4)27(38-5)17-24(23)35/h7-9,16-19,21H,10-15H2,1-6H3/t21-/m1/s1. The first kappa shape index (κ1) is 29.7. The van der Waals surface area contributed by atoms with Crippen LogP contribution in [0.4, 0.5) is 0 Å². The highest BCUT2D eigenvalue weighted by atomic mass is 32.1. The lowest BCUT2D eigenvalue weighted by atomic mass is 10.0. The van der Waals surface area contributed by atoms with Gasteiger partial charge in [0.05, 0.1) is 32.4 Å². The third-order valence-corrected chi connectivity index (χ3v) is 8.77. The van der Waals surface area contributed by atoms with E-state index in [0.717, 1.165) is 65.6 Å². The summed E-state index contributed by atoms with van der Waals surface area (Å²) in [7, 11) is 6.71. The topological polar surface area (TPSA) is 87.5 Å². The monoisotopic (exact) mass is 594 g/mol. The molecule has 1 atom stereocenters. The molecule has 0 bridgehead atoms. The number of fused-ring (bicyclic) bond motifs is 1. The van der Waals surface area contributed by atoms with Crippen molar-refractivity contribution in [3.63, 3.8) is 0 Å².